The van der Waals surface area contributed by atoms with Gasteiger partial charge in [0.15, 0.2) is 16.0 Å². The van der Waals surface area contributed by atoms with Crippen LogP contribution in [0, 0.1) is 10.1 Å². The van der Waals surface area contributed by atoms with Gasteiger partial charge in [-0.3, -0.25) is 28.9 Å². The first-order valence-corrected chi connectivity index (χ1v) is 9.30. The summed E-state index contributed by atoms with van der Waals surface area (Å²) in [5, 5.41) is 18.4. The summed E-state index contributed by atoms with van der Waals surface area (Å²) in [6.07, 6.45) is -0.557. The fourth-order valence-corrected chi connectivity index (χ4v) is 3.69. The van der Waals surface area contributed by atoms with Gasteiger partial charge in [-0.1, -0.05) is 6.07 Å². The van der Waals surface area contributed by atoms with Gasteiger partial charge < -0.3 is 0 Å². The van der Waals surface area contributed by atoms with E-state index in [1.54, 1.807) is 6.07 Å². The van der Waals surface area contributed by atoms with Crippen LogP contribution in [0.3, 0.4) is 0 Å². The highest BCUT2D eigenvalue weighted by atomic mass is 32.2. The maximum atomic E-state index is 13.2. The minimum absolute atomic E-state index is 0.0943. The average molecular weight is 449 g/mol. The first kappa shape index (κ1) is 20.5. The van der Waals surface area contributed by atoms with E-state index >= 15 is 0 Å². The summed E-state index contributed by atoms with van der Waals surface area (Å²) >= 11 is 0.462. The SMILES string of the molecule is O=c1c([N+](=O)[O-])c(Sc2nnc(-c3ccncc3)n2CC(F)(F)F)nc2ccccn12. The number of hydrogen-bond donors (Lipinski definition) is 0. The average Bonchev–Trinajstić information content (AvgIpc) is 3.09. The highest BCUT2D eigenvalue weighted by Crippen LogP contribution is 2.34. The monoisotopic (exact) mass is 449 g/mol. The van der Waals surface area contributed by atoms with Crippen LogP contribution in [0.5, 0.6) is 0 Å². The Labute approximate surface area is 174 Å². The van der Waals surface area contributed by atoms with Gasteiger partial charge in [-0.05, 0) is 36.0 Å². The first-order chi connectivity index (χ1) is 14.7. The third-order valence-corrected chi connectivity index (χ3v) is 5.00. The Morgan fingerprint density at radius 3 is 2.55 bits per heavy atom. The van der Waals surface area contributed by atoms with Crippen molar-refractivity contribution in [2.75, 3.05) is 0 Å². The van der Waals surface area contributed by atoms with Crippen LogP contribution in [0.2, 0.25) is 0 Å². The molecule has 0 spiro atoms. The second-order valence-electron chi connectivity index (χ2n) is 6.10. The number of alkyl halides is 3. The Bertz CT molecular complexity index is 1340. The van der Waals surface area contributed by atoms with Gasteiger partial charge in [0.2, 0.25) is 0 Å². The van der Waals surface area contributed by atoms with E-state index in [0.29, 0.717) is 17.3 Å². The lowest BCUT2D eigenvalue weighted by Crippen LogP contribution is -2.21. The van der Waals surface area contributed by atoms with Crippen LogP contribution in [0.1, 0.15) is 0 Å². The number of rotatable bonds is 5. The molecule has 0 aliphatic heterocycles. The van der Waals surface area contributed by atoms with Gasteiger partial charge in [-0.2, -0.15) is 13.2 Å². The summed E-state index contributed by atoms with van der Waals surface area (Å²) in [6.45, 7) is -1.44. The number of nitro groups is 1. The molecule has 0 atom stereocenters. The van der Waals surface area contributed by atoms with Crippen molar-refractivity contribution < 1.29 is 18.1 Å². The molecule has 0 aliphatic rings. The Balaban J connectivity index is 1.88. The molecule has 0 bridgehead atoms. The van der Waals surface area contributed by atoms with E-state index in [4.69, 9.17) is 0 Å². The highest BCUT2D eigenvalue weighted by molar-refractivity contribution is 7.99. The van der Waals surface area contributed by atoms with E-state index in [9.17, 15) is 28.1 Å². The molecule has 0 fully saturated rings. The fraction of sp³-hybridized carbons (Fsp3) is 0.118. The van der Waals surface area contributed by atoms with Gasteiger partial charge >= 0.3 is 17.4 Å². The molecule has 31 heavy (non-hydrogen) atoms. The Morgan fingerprint density at radius 2 is 1.87 bits per heavy atom. The largest absolute Gasteiger partial charge is 0.406 e. The highest BCUT2D eigenvalue weighted by Gasteiger charge is 2.33. The second kappa shape index (κ2) is 7.79. The Hall–Kier alpha value is -3.81. The Kier molecular flexibility index (Phi) is 5.14. The quantitative estimate of drug-likeness (QED) is 0.259. The number of aromatic nitrogens is 6. The normalized spacial score (nSPS) is 11.7. The van der Waals surface area contributed by atoms with Crippen LogP contribution in [0.25, 0.3) is 17.0 Å². The maximum Gasteiger partial charge on any atom is 0.406 e. The predicted molar refractivity (Wildman–Crippen MR) is 102 cm³/mol. The topological polar surface area (TPSA) is 121 Å². The molecule has 0 saturated carbocycles. The van der Waals surface area contributed by atoms with Crippen LogP contribution in [-0.2, 0) is 6.54 Å². The second-order valence-corrected chi connectivity index (χ2v) is 7.06. The lowest BCUT2D eigenvalue weighted by Gasteiger charge is -2.12. The van der Waals surface area contributed by atoms with Crippen molar-refractivity contribution >= 4 is 23.1 Å². The molecule has 0 radical (unpaired) electrons. The van der Waals surface area contributed by atoms with Crippen LogP contribution in [0.15, 0.2) is 63.9 Å². The van der Waals surface area contributed by atoms with Crippen molar-refractivity contribution in [1.82, 2.24) is 29.1 Å². The van der Waals surface area contributed by atoms with Gasteiger partial charge in [0.1, 0.15) is 12.2 Å². The summed E-state index contributed by atoms with van der Waals surface area (Å²) in [5.41, 5.74) is -1.42. The zero-order valence-corrected chi connectivity index (χ0v) is 16.0. The van der Waals surface area contributed by atoms with E-state index in [1.165, 1.54) is 42.9 Å². The zero-order chi connectivity index (χ0) is 22.2. The predicted octanol–water partition coefficient (Wildman–Crippen LogP) is 2.97. The van der Waals surface area contributed by atoms with Crippen LogP contribution in [0.4, 0.5) is 18.9 Å². The van der Waals surface area contributed by atoms with Gasteiger partial charge in [0.25, 0.3) is 0 Å². The van der Waals surface area contributed by atoms with Crippen molar-refractivity contribution in [3.63, 3.8) is 0 Å². The summed E-state index contributed by atoms with van der Waals surface area (Å²) in [7, 11) is 0. The van der Waals surface area contributed by atoms with Gasteiger partial charge in [0, 0.05) is 24.2 Å². The molecule has 4 aromatic rings. The number of halogens is 3. The minimum atomic E-state index is -4.62. The molecule has 0 aliphatic carbocycles. The smallest absolute Gasteiger partial charge is 0.293 e. The number of pyridine rings is 2. The maximum absolute atomic E-state index is 13.2. The third-order valence-electron chi connectivity index (χ3n) is 4.04. The van der Waals surface area contributed by atoms with Crippen molar-refractivity contribution in [3.05, 3.63) is 69.4 Å². The molecular weight excluding hydrogens is 439 g/mol. The molecule has 4 rings (SSSR count). The van der Waals surface area contributed by atoms with E-state index in [1.807, 2.05) is 0 Å². The summed E-state index contributed by atoms with van der Waals surface area (Å²) in [4.78, 5) is 31.1. The molecule has 10 nitrogen and oxygen atoms in total. The van der Waals surface area contributed by atoms with Gasteiger partial charge in [0.05, 0.1) is 4.92 Å². The molecule has 0 N–H and O–H groups in total. The van der Waals surface area contributed by atoms with E-state index in [-0.39, 0.29) is 16.6 Å². The minimum Gasteiger partial charge on any atom is -0.293 e. The summed E-state index contributed by atoms with van der Waals surface area (Å²) < 4.78 is 41.5. The molecule has 0 saturated heterocycles. The first-order valence-electron chi connectivity index (χ1n) is 8.48. The fourth-order valence-electron chi connectivity index (χ4n) is 2.77. The van der Waals surface area contributed by atoms with Crippen molar-refractivity contribution in [2.45, 2.75) is 22.9 Å². The molecule has 0 amide bonds. The molecule has 0 aromatic carbocycles. The molecule has 4 heterocycles. The van der Waals surface area contributed by atoms with Crippen molar-refractivity contribution in [1.29, 1.82) is 0 Å². The molecule has 4 aromatic heterocycles. The van der Waals surface area contributed by atoms with Gasteiger partial charge in [-0.25, -0.2) is 4.98 Å². The number of nitrogens with zero attached hydrogens (tertiary/aromatic N) is 7. The standard InChI is InChI=1S/C17H10F3N7O3S/c18-17(19,20)9-26-13(10-4-6-21-7-5-10)23-24-16(26)31-14-12(27(29)30)15(28)25-8-2-1-3-11(25)22-14/h1-8H,9H2. The van der Waals surface area contributed by atoms with Crippen LogP contribution in [-0.4, -0.2) is 40.2 Å². The van der Waals surface area contributed by atoms with E-state index in [2.05, 4.69) is 20.2 Å². The Morgan fingerprint density at radius 1 is 1.13 bits per heavy atom. The third kappa shape index (κ3) is 4.09. The molecule has 158 valence electrons. The number of fused-ring (bicyclic) bond motifs is 1. The molecule has 0 unspecified atom stereocenters. The number of hydrogen-bond acceptors (Lipinski definition) is 8. The molecular formula is C17H10F3N7O3S. The van der Waals surface area contributed by atoms with E-state index < -0.39 is 33.9 Å². The van der Waals surface area contributed by atoms with Crippen molar-refractivity contribution in [3.8, 4) is 11.4 Å². The lowest BCUT2D eigenvalue weighted by atomic mass is 10.2. The van der Waals surface area contributed by atoms with Crippen LogP contribution < -0.4 is 5.56 Å². The van der Waals surface area contributed by atoms with Gasteiger partial charge in [-0.15, -0.1) is 10.2 Å². The lowest BCUT2D eigenvalue weighted by molar-refractivity contribution is -0.389. The summed E-state index contributed by atoms with van der Waals surface area (Å²) in [5.74, 6) is -0.109. The van der Waals surface area contributed by atoms with Crippen LogP contribution >= 0.6 is 11.8 Å². The van der Waals surface area contributed by atoms with E-state index in [0.717, 1.165) is 8.97 Å². The van der Waals surface area contributed by atoms with Crippen molar-refractivity contribution in [2.24, 2.45) is 0 Å². The zero-order valence-electron chi connectivity index (χ0n) is 15.2. The summed E-state index contributed by atoms with van der Waals surface area (Å²) in [6, 6.07) is 7.41. The molecule has 14 heteroatoms.